The van der Waals surface area contributed by atoms with Crippen molar-refractivity contribution in [2.75, 3.05) is 37.4 Å². The van der Waals surface area contributed by atoms with E-state index in [-0.39, 0.29) is 17.9 Å². The second kappa shape index (κ2) is 5.89. The zero-order chi connectivity index (χ0) is 14.6. The molecule has 1 aromatic carbocycles. The number of nitrogens with two attached hydrogens (primary N) is 2. The third-order valence-electron chi connectivity index (χ3n) is 2.54. The first kappa shape index (κ1) is 15.3. The average molecular weight is 286 g/mol. The Bertz CT molecular complexity index is 569. The number of carbonyl (C=O) groups excluding carboxylic acids is 1. The Balaban J connectivity index is 2.77. The molecule has 0 heterocycles. The first-order valence-electron chi connectivity index (χ1n) is 5.57. The van der Waals surface area contributed by atoms with Crippen molar-refractivity contribution >= 4 is 27.3 Å². The molecule has 0 saturated heterocycles. The molecule has 1 amide bonds. The van der Waals surface area contributed by atoms with Crippen molar-refractivity contribution in [2.24, 2.45) is 5.73 Å². The summed E-state index contributed by atoms with van der Waals surface area (Å²) in [5.74, 6) is -0.701. The Labute approximate surface area is 112 Å². The molecule has 0 radical (unpaired) electrons. The Morgan fingerprint density at radius 2 is 2.00 bits per heavy atom. The molecule has 0 unspecified atom stereocenters. The third kappa shape index (κ3) is 4.11. The SMILES string of the molecule is CN(C)S(=O)(=O)CCNc1ccc(N)cc1C(N)=O. The maximum atomic E-state index is 11.6. The van der Waals surface area contributed by atoms with Crippen LogP contribution in [0.4, 0.5) is 11.4 Å². The van der Waals surface area contributed by atoms with Crippen molar-refractivity contribution in [2.45, 2.75) is 0 Å². The number of nitrogens with one attached hydrogen (secondary N) is 1. The fourth-order valence-corrected chi connectivity index (χ4v) is 2.14. The van der Waals surface area contributed by atoms with Gasteiger partial charge in [-0.15, -0.1) is 0 Å². The molecule has 0 aromatic heterocycles. The lowest BCUT2D eigenvalue weighted by atomic mass is 10.1. The van der Waals surface area contributed by atoms with Gasteiger partial charge < -0.3 is 16.8 Å². The molecule has 0 fully saturated rings. The van der Waals surface area contributed by atoms with E-state index in [2.05, 4.69) is 5.32 Å². The van der Waals surface area contributed by atoms with E-state index in [1.165, 1.54) is 20.2 Å². The number of anilines is 2. The molecule has 8 heteroatoms. The van der Waals surface area contributed by atoms with Crippen LogP contribution in [0.15, 0.2) is 18.2 Å². The molecule has 106 valence electrons. The summed E-state index contributed by atoms with van der Waals surface area (Å²) in [6.45, 7) is 0.171. The molecular formula is C11H18N4O3S. The van der Waals surface area contributed by atoms with Gasteiger partial charge in [-0.05, 0) is 18.2 Å². The van der Waals surface area contributed by atoms with Crippen LogP contribution in [0.2, 0.25) is 0 Å². The van der Waals surface area contributed by atoms with Gasteiger partial charge in [0.1, 0.15) is 0 Å². The molecule has 0 aliphatic carbocycles. The van der Waals surface area contributed by atoms with Gasteiger partial charge >= 0.3 is 0 Å². The summed E-state index contributed by atoms with van der Waals surface area (Å²) in [7, 11) is -0.348. The van der Waals surface area contributed by atoms with Gasteiger partial charge in [0.05, 0.1) is 11.3 Å². The van der Waals surface area contributed by atoms with Crippen molar-refractivity contribution in [1.82, 2.24) is 4.31 Å². The number of sulfonamides is 1. The topological polar surface area (TPSA) is 119 Å². The smallest absolute Gasteiger partial charge is 0.250 e. The van der Waals surface area contributed by atoms with Crippen molar-refractivity contribution < 1.29 is 13.2 Å². The van der Waals surface area contributed by atoms with Crippen LogP contribution in [-0.4, -0.2) is 45.0 Å². The van der Waals surface area contributed by atoms with Crippen LogP contribution in [0.25, 0.3) is 0 Å². The van der Waals surface area contributed by atoms with Crippen LogP contribution in [0.3, 0.4) is 0 Å². The number of carbonyl (C=O) groups is 1. The van der Waals surface area contributed by atoms with Gasteiger partial charge in [0.15, 0.2) is 0 Å². The molecule has 1 aromatic rings. The van der Waals surface area contributed by atoms with Crippen LogP contribution < -0.4 is 16.8 Å². The minimum atomic E-state index is -3.28. The molecule has 0 spiro atoms. The number of rotatable bonds is 6. The first-order valence-corrected chi connectivity index (χ1v) is 7.18. The molecule has 0 aliphatic rings. The zero-order valence-corrected chi connectivity index (χ0v) is 11.7. The number of nitrogens with zero attached hydrogens (tertiary/aromatic N) is 1. The molecule has 0 saturated carbocycles. The maximum absolute atomic E-state index is 11.6. The van der Waals surface area contributed by atoms with E-state index in [0.717, 1.165) is 4.31 Å². The summed E-state index contributed by atoms with van der Waals surface area (Å²) >= 11 is 0. The molecule has 0 atom stereocenters. The Hall–Kier alpha value is -1.80. The molecule has 5 N–H and O–H groups in total. The zero-order valence-electron chi connectivity index (χ0n) is 10.9. The van der Waals surface area contributed by atoms with E-state index in [9.17, 15) is 13.2 Å². The van der Waals surface area contributed by atoms with Gasteiger partial charge in [-0.25, -0.2) is 12.7 Å². The van der Waals surface area contributed by atoms with Gasteiger partial charge in [0.25, 0.3) is 5.91 Å². The lowest BCUT2D eigenvalue weighted by Crippen LogP contribution is -2.28. The van der Waals surface area contributed by atoms with Crippen LogP contribution >= 0.6 is 0 Å². The molecule has 7 nitrogen and oxygen atoms in total. The molecule has 0 aliphatic heterocycles. The second-order valence-corrected chi connectivity index (χ2v) is 6.50. The standard InChI is InChI=1S/C11H18N4O3S/c1-15(2)19(17,18)6-5-14-10-4-3-8(12)7-9(10)11(13)16/h3-4,7,14H,5-6,12H2,1-2H3,(H2,13,16). The highest BCUT2D eigenvalue weighted by molar-refractivity contribution is 7.89. The minimum Gasteiger partial charge on any atom is -0.399 e. The van der Waals surface area contributed by atoms with Gasteiger partial charge in [-0.3, -0.25) is 4.79 Å². The van der Waals surface area contributed by atoms with Crippen LogP contribution in [0.1, 0.15) is 10.4 Å². The van der Waals surface area contributed by atoms with Crippen molar-refractivity contribution in [3.05, 3.63) is 23.8 Å². The predicted octanol–water partition coefficient (Wildman–Crippen LogP) is -0.329. The van der Waals surface area contributed by atoms with Crippen molar-refractivity contribution in [3.8, 4) is 0 Å². The highest BCUT2D eigenvalue weighted by atomic mass is 32.2. The number of benzene rings is 1. The van der Waals surface area contributed by atoms with Gasteiger partial charge in [-0.2, -0.15) is 0 Å². The predicted molar refractivity (Wildman–Crippen MR) is 75.3 cm³/mol. The van der Waals surface area contributed by atoms with E-state index in [1.54, 1.807) is 12.1 Å². The van der Waals surface area contributed by atoms with E-state index in [4.69, 9.17) is 11.5 Å². The van der Waals surface area contributed by atoms with Gasteiger partial charge in [0.2, 0.25) is 10.0 Å². The number of amides is 1. The molecular weight excluding hydrogens is 268 g/mol. The summed E-state index contributed by atoms with van der Waals surface area (Å²) in [4.78, 5) is 11.2. The Morgan fingerprint density at radius 1 is 1.37 bits per heavy atom. The fourth-order valence-electron chi connectivity index (χ4n) is 1.42. The fraction of sp³-hybridized carbons (Fsp3) is 0.364. The van der Waals surface area contributed by atoms with Crippen molar-refractivity contribution in [3.63, 3.8) is 0 Å². The van der Waals surface area contributed by atoms with E-state index >= 15 is 0 Å². The molecule has 1 rings (SSSR count). The summed E-state index contributed by atoms with van der Waals surface area (Å²) in [6.07, 6.45) is 0. The van der Waals surface area contributed by atoms with E-state index < -0.39 is 15.9 Å². The first-order chi connectivity index (χ1) is 8.74. The van der Waals surface area contributed by atoms with Crippen LogP contribution in [0, 0.1) is 0 Å². The lowest BCUT2D eigenvalue weighted by Gasteiger charge is -2.13. The summed E-state index contributed by atoms with van der Waals surface area (Å²) in [5, 5.41) is 2.87. The normalized spacial score (nSPS) is 11.5. The Morgan fingerprint density at radius 3 is 2.53 bits per heavy atom. The lowest BCUT2D eigenvalue weighted by molar-refractivity contribution is 0.100. The van der Waals surface area contributed by atoms with Gasteiger partial charge in [0, 0.05) is 32.0 Å². The van der Waals surface area contributed by atoms with Crippen LogP contribution in [0.5, 0.6) is 0 Å². The monoisotopic (exact) mass is 286 g/mol. The quantitative estimate of drug-likeness (QED) is 0.619. The highest BCUT2D eigenvalue weighted by Gasteiger charge is 2.14. The largest absolute Gasteiger partial charge is 0.399 e. The van der Waals surface area contributed by atoms with Crippen LogP contribution in [-0.2, 0) is 10.0 Å². The van der Waals surface area contributed by atoms with E-state index in [0.29, 0.717) is 11.4 Å². The van der Waals surface area contributed by atoms with Crippen molar-refractivity contribution in [1.29, 1.82) is 0 Å². The maximum Gasteiger partial charge on any atom is 0.250 e. The summed E-state index contributed by atoms with van der Waals surface area (Å²) in [5.41, 5.74) is 11.9. The summed E-state index contributed by atoms with van der Waals surface area (Å²) < 4.78 is 24.3. The van der Waals surface area contributed by atoms with E-state index in [1.807, 2.05) is 0 Å². The molecule has 19 heavy (non-hydrogen) atoms. The number of nitrogen functional groups attached to an aromatic ring is 1. The highest BCUT2D eigenvalue weighted by Crippen LogP contribution is 2.18. The number of primary amides is 1. The third-order valence-corrected chi connectivity index (χ3v) is 4.37. The molecule has 0 bridgehead atoms. The summed E-state index contributed by atoms with van der Waals surface area (Å²) in [6, 6.07) is 4.65. The average Bonchev–Trinajstić information content (AvgIpc) is 2.30. The number of hydrogen-bond donors (Lipinski definition) is 3. The Kier molecular flexibility index (Phi) is 4.73. The second-order valence-electron chi connectivity index (χ2n) is 4.19. The van der Waals surface area contributed by atoms with Gasteiger partial charge in [-0.1, -0.05) is 0 Å². The number of hydrogen-bond acceptors (Lipinski definition) is 5. The minimum absolute atomic E-state index is 0.0808.